The van der Waals surface area contributed by atoms with Crippen molar-refractivity contribution < 1.29 is 0 Å². The van der Waals surface area contributed by atoms with Crippen molar-refractivity contribution in [3.63, 3.8) is 0 Å². The fourth-order valence-corrected chi connectivity index (χ4v) is 2.70. The molecule has 1 aromatic heterocycles. The first-order chi connectivity index (χ1) is 6.29. The quantitative estimate of drug-likeness (QED) is 0.709. The molecule has 13 heavy (non-hydrogen) atoms. The van der Waals surface area contributed by atoms with Gasteiger partial charge in [0.15, 0.2) is 0 Å². The lowest BCUT2D eigenvalue weighted by atomic mass is 9.95. The molecule has 0 radical (unpaired) electrons. The molecule has 1 aromatic rings. The number of halogens is 1. The predicted molar refractivity (Wildman–Crippen MR) is 52.8 cm³/mol. The van der Waals surface area contributed by atoms with Crippen LogP contribution in [0, 0.1) is 6.92 Å². The molecule has 0 spiro atoms. The summed E-state index contributed by atoms with van der Waals surface area (Å²) in [4.78, 5) is 0.531. The first kappa shape index (κ1) is 9.12. The number of hydrogen-bond donors (Lipinski definition) is 0. The van der Waals surface area contributed by atoms with Gasteiger partial charge in [0.2, 0.25) is 0 Å². The molecule has 0 amide bonds. The molecule has 2 rings (SSSR count). The van der Waals surface area contributed by atoms with E-state index in [-0.39, 0.29) is 0 Å². The molecule has 72 valence electrons. The van der Waals surface area contributed by atoms with E-state index in [2.05, 4.69) is 31.5 Å². The average Bonchev–Trinajstić information content (AvgIpc) is 2.52. The van der Waals surface area contributed by atoms with Crippen molar-refractivity contribution in [3.05, 3.63) is 5.82 Å². The van der Waals surface area contributed by atoms with Crippen LogP contribution in [-0.2, 0) is 0 Å². The summed E-state index contributed by atoms with van der Waals surface area (Å²) < 4.78 is 1.94. The maximum Gasteiger partial charge on any atom is 0.148 e. The largest absolute Gasteiger partial charge is 0.226 e. The third-order valence-corrected chi connectivity index (χ3v) is 3.69. The zero-order chi connectivity index (χ0) is 9.26. The topological polar surface area (TPSA) is 43.6 Å². The molecule has 5 heteroatoms. The van der Waals surface area contributed by atoms with Gasteiger partial charge in [0, 0.05) is 4.83 Å². The molecule has 0 unspecified atom stereocenters. The maximum absolute atomic E-state index is 4.02. The van der Waals surface area contributed by atoms with Crippen LogP contribution < -0.4 is 0 Å². The van der Waals surface area contributed by atoms with Crippen LogP contribution in [-0.4, -0.2) is 25.0 Å². The van der Waals surface area contributed by atoms with E-state index in [1.807, 2.05) is 11.6 Å². The molecular formula is C8H13BrN4. The summed E-state index contributed by atoms with van der Waals surface area (Å²) in [6.07, 6.45) is 5.01. The van der Waals surface area contributed by atoms with Crippen molar-refractivity contribution in [2.45, 2.75) is 43.5 Å². The van der Waals surface area contributed by atoms with Crippen LogP contribution in [0.1, 0.15) is 37.5 Å². The van der Waals surface area contributed by atoms with Crippen LogP contribution in [0.2, 0.25) is 0 Å². The molecule has 1 fully saturated rings. The van der Waals surface area contributed by atoms with Gasteiger partial charge >= 0.3 is 0 Å². The van der Waals surface area contributed by atoms with Crippen LogP contribution in [0.4, 0.5) is 0 Å². The molecule has 1 aliphatic carbocycles. The first-order valence-electron chi connectivity index (χ1n) is 4.67. The Morgan fingerprint density at radius 1 is 1.38 bits per heavy atom. The van der Waals surface area contributed by atoms with Gasteiger partial charge in [0.05, 0.1) is 6.04 Å². The van der Waals surface area contributed by atoms with Crippen molar-refractivity contribution in [3.8, 4) is 0 Å². The molecule has 0 aliphatic heterocycles. The van der Waals surface area contributed by atoms with Crippen molar-refractivity contribution in [1.82, 2.24) is 20.2 Å². The number of nitrogens with zero attached hydrogens (tertiary/aromatic N) is 4. The van der Waals surface area contributed by atoms with E-state index in [4.69, 9.17) is 0 Å². The van der Waals surface area contributed by atoms with E-state index in [9.17, 15) is 0 Å². The number of rotatable bonds is 1. The highest BCUT2D eigenvalue weighted by molar-refractivity contribution is 9.09. The summed E-state index contributed by atoms with van der Waals surface area (Å²) in [5, 5.41) is 11.6. The van der Waals surface area contributed by atoms with Gasteiger partial charge in [0.25, 0.3) is 0 Å². The minimum atomic E-state index is 0.448. The molecule has 2 atom stereocenters. The Morgan fingerprint density at radius 2 is 2.15 bits per heavy atom. The molecule has 0 N–H and O–H groups in total. The van der Waals surface area contributed by atoms with E-state index in [1.165, 1.54) is 25.7 Å². The second-order valence-electron chi connectivity index (χ2n) is 3.54. The summed E-state index contributed by atoms with van der Waals surface area (Å²) in [6, 6.07) is 0.448. The number of aromatic nitrogens is 4. The fraction of sp³-hybridized carbons (Fsp3) is 0.875. The Bertz CT molecular complexity index is 285. The van der Waals surface area contributed by atoms with Gasteiger partial charge in [0.1, 0.15) is 5.82 Å². The third-order valence-electron chi connectivity index (χ3n) is 2.62. The minimum absolute atomic E-state index is 0.448. The van der Waals surface area contributed by atoms with Crippen LogP contribution >= 0.6 is 15.9 Å². The van der Waals surface area contributed by atoms with E-state index in [1.54, 1.807) is 0 Å². The summed E-state index contributed by atoms with van der Waals surface area (Å²) >= 11 is 3.69. The van der Waals surface area contributed by atoms with Gasteiger partial charge in [-0.25, -0.2) is 4.68 Å². The summed E-state index contributed by atoms with van der Waals surface area (Å²) in [7, 11) is 0. The molecular weight excluding hydrogens is 232 g/mol. The van der Waals surface area contributed by atoms with E-state index in [0.717, 1.165) is 5.82 Å². The second kappa shape index (κ2) is 3.74. The minimum Gasteiger partial charge on any atom is -0.226 e. The second-order valence-corrected chi connectivity index (χ2v) is 4.71. The standard InChI is InChI=1S/C8H13BrN4/c1-6-10-11-12-13(6)8-5-3-2-4-7(8)9/h7-8H,2-5H2,1H3/t7-,8-/m1/s1. The highest BCUT2D eigenvalue weighted by Crippen LogP contribution is 2.33. The van der Waals surface area contributed by atoms with Crippen LogP contribution in [0.5, 0.6) is 0 Å². The molecule has 0 bridgehead atoms. The highest BCUT2D eigenvalue weighted by Gasteiger charge is 2.26. The molecule has 4 nitrogen and oxygen atoms in total. The molecule has 1 heterocycles. The first-order valence-corrected chi connectivity index (χ1v) is 5.59. The maximum atomic E-state index is 4.02. The Hall–Kier alpha value is -0.450. The smallest absolute Gasteiger partial charge is 0.148 e. The van der Waals surface area contributed by atoms with Gasteiger partial charge in [-0.05, 0) is 30.2 Å². The Kier molecular flexibility index (Phi) is 2.62. The van der Waals surface area contributed by atoms with Gasteiger partial charge in [-0.2, -0.15) is 0 Å². The Labute approximate surface area is 85.8 Å². The normalized spacial score (nSPS) is 29.1. The number of hydrogen-bond acceptors (Lipinski definition) is 3. The summed E-state index contributed by atoms with van der Waals surface area (Å²) in [5.74, 6) is 0.913. The zero-order valence-electron chi connectivity index (χ0n) is 7.65. The van der Waals surface area contributed by atoms with Gasteiger partial charge < -0.3 is 0 Å². The summed E-state index contributed by atoms with van der Waals surface area (Å²) in [6.45, 7) is 1.95. The summed E-state index contributed by atoms with van der Waals surface area (Å²) in [5.41, 5.74) is 0. The predicted octanol–water partition coefficient (Wildman–Crippen LogP) is 1.86. The molecule has 1 aliphatic rings. The lowest BCUT2D eigenvalue weighted by Crippen LogP contribution is -2.25. The van der Waals surface area contributed by atoms with Gasteiger partial charge in [-0.1, -0.05) is 28.8 Å². The molecule has 1 saturated carbocycles. The van der Waals surface area contributed by atoms with E-state index >= 15 is 0 Å². The van der Waals surface area contributed by atoms with Crippen LogP contribution in [0.3, 0.4) is 0 Å². The van der Waals surface area contributed by atoms with Gasteiger partial charge in [-0.3, -0.25) is 0 Å². The van der Waals surface area contributed by atoms with Crippen LogP contribution in [0.25, 0.3) is 0 Å². The SMILES string of the molecule is Cc1nnnn1[C@@H]1CCCC[C@H]1Br. The zero-order valence-corrected chi connectivity index (χ0v) is 9.24. The van der Waals surface area contributed by atoms with Crippen LogP contribution in [0.15, 0.2) is 0 Å². The van der Waals surface area contributed by atoms with E-state index < -0.39 is 0 Å². The lowest BCUT2D eigenvalue weighted by Gasteiger charge is -2.27. The average molecular weight is 245 g/mol. The third kappa shape index (κ3) is 1.75. The van der Waals surface area contributed by atoms with E-state index in [0.29, 0.717) is 10.9 Å². The van der Waals surface area contributed by atoms with Crippen molar-refractivity contribution in [1.29, 1.82) is 0 Å². The van der Waals surface area contributed by atoms with Crippen molar-refractivity contribution in [2.75, 3.05) is 0 Å². The molecule has 0 saturated heterocycles. The number of alkyl halides is 1. The highest BCUT2D eigenvalue weighted by atomic mass is 79.9. The monoisotopic (exact) mass is 244 g/mol. The van der Waals surface area contributed by atoms with Gasteiger partial charge in [-0.15, -0.1) is 5.10 Å². The van der Waals surface area contributed by atoms with Crippen molar-refractivity contribution in [2.24, 2.45) is 0 Å². The Morgan fingerprint density at radius 3 is 2.77 bits per heavy atom. The fourth-order valence-electron chi connectivity index (χ4n) is 1.89. The lowest BCUT2D eigenvalue weighted by molar-refractivity contribution is 0.333. The Balaban J connectivity index is 2.19. The molecule has 0 aromatic carbocycles. The number of tetrazole rings is 1. The van der Waals surface area contributed by atoms with Crippen molar-refractivity contribution >= 4 is 15.9 Å². The number of aryl methyl sites for hydroxylation is 1.